The highest BCUT2D eigenvalue weighted by Crippen LogP contribution is 2.17. The van der Waals surface area contributed by atoms with E-state index < -0.39 is 0 Å². The van der Waals surface area contributed by atoms with Gasteiger partial charge in [0, 0.05) is 31.6 Å². The van der Waals surface area contributed by atoms with E-state index >= 15 is 0 Å². The van der Waals surface area contributed by atoms with E-state index in [1.165, 1.54) is 0 Å². The average Bonchev–Trinajstić information content (AvgIpc) is 3.10. The summed E-state index contributed by atoms with van der Waals surface area (Å²) >= 11 is 0. The maximum Gasteiger partial charge on any atom is 0.315 e. The normalized spacial score (nSPS) is 13.0. The summed E-state index contributed by atoms with van der Waals surface area (Å²) in [6, 6.07) is 17.3. The first-order valence-corrected chi connectivity index (χ1v) is 9.12. The van der Waals surface area contributed by atoms with Gasteiger partial charge < -0.3 is 15.5 Å². The van der Waals surface area contributed by atoms with Gasteiger partial charge in [-0.05, 0) is 29.7 Å². The molecule has 1 saturated heterocycles. The Labute approximate surface area is 159 Å². The molecule has 138 valence electrons. The minimum Gasteiger partial charge on any atom is -0.338 e. The van der Waals surface area contributed by atoms with Gasteiger partial charge >= 0.3 is 6.03 Å². The molecule has 0 radical (unpaired) electrons. The van der Waals surface area contributed by atoms with E-state index in [-0.39, 0.29) is 18.5 Å². The Morgan fingerprint density at radius 1 is 1.00 bits per heavy atom. The molecule has 5 heteroatoms. The molecule has 27 heavy (non-hydrogen) atoms. The third-order valence-electron chi connectivity index (χ3n) is 4.43. The number of hydrogen-bond donors (Lipinski definition) is 2. The summed E-state index contributed by atoms with van der Waals surface area (Å²) in [7, 11) is 0. The number of amides is 3. The Morgan fingerprint density at radius 3 is 2.48 bits per heavy atom. The lowest BCUT2D eigenvalue weighted by atomic mass is 10.1. The van der Waals surface area contributed by atoms with Crippen molar-refractivity contribution in [1.82, 2.24) is 15.5 Å². The van der Waals surface area contributed by atoms with E-state index in [1.54, 1.807) is 0 Å². The average molecular weight is 361 g/mol. The van der Waals surface area contributed by atoms with Gasteiger partial charge in [-0.2, -0.15) is 0 Å². The van der Waals surface area contributed by atoms with Crippen LogP contribution in [-0.4, -0.2) is 29.9 Å². The third-order valence-corrected chi connectivity index (χ3v) is 4.43. The number of hydrogen-bond acceptors (Lipinski definition) is 2. The van der Waals surface area contributed by atoms with Crippen LogP contribution in [-0.2, 0) is 17.9 Å². The van der Waals surface area contributed by atoms with Crippen molar-refractivity contribution in [2.24, 2.45) is 0 Å². The standard InChI is InChI=1S/C22H23N3O2/c26-21-13-7-15-25(21)17-20-12-5-4-11-19(20)16-24-22(27)23-14-6-10-18-8-2-1-3-9-18/h1-5,8-9,11-12H,7,13-17H2,(H2,23,24,27). The maximum absolute atomic E-state index is 12.0. The molecule has 0 bridgehead atoms. The second-order valence-corrected chi connectivity index (χ2v) is 6.39. The molecule has 0 saturated carbocycles. The molecule has 1 fully saturated rings. The highest BCUT2D eigenvalue weighted by Gasteiger charge is 2.20. The predicted octanol–water partition coefficient (Wildman–Crippen LogP) is 2.66. The van der Waals surface area contributed by atoms with Crippen LogP contribution in [0.15, 0.2) is 54.6 Å². The number of rotatable bonds is 5. The molecule has 1 aliphatic heterocycles. The number of urea groups is 1. The first-order chi connectivity index (χ1) is 13.2. The second kappa shape index (κ2) is 9.44. The first kappa shape index (κ1) is 18.5. The number of nitrogens with zero attached hydrogens (tertiary/aromatic N) is 1. The van der Waals surface area contributed by atoms with Gasteiger partial charge in [0.25, 0.3) is 0 Å². The van der Waals surface area contributed by atoms with Crippen LogP contribution in [0.1, 0.15) is 29.5 Å². The number of benzene rings is 2. The first-order valence-electron chi connectivity index (χ1n) is 9.12. The summed E-state index contributed by atoms with van der Waals surface area (Å²) in [4.78, 5) is 25.7. The second-order valence-electron chi connectivity index (χ2n) is 6.39. The van der Waals surface area contributed by atoms with Gasteiger partial charge in [-0.15, -0.1) is 0 Å². The molecule has 0 unspecified atom stereocenters. The van der Waals surface area contributed by atoms with Crippen molar-refractivity contribution in [1.29, 1.82) is 0 Å². The molecule has 2 N–H and O–H groups in total. The van der Waals surface area contributed by atoms with Gasteiger partial charge in [-0.25, -0.2) is 4.79 Å². The Balaban J connectivity index is 1.47. The molecule has 1 aliphatic rings. The van der Waals surface area contributed by atoms with E-state index in [4.69, 9.17) is 0 Å². The zero-order valence-corrected chi connectivity index (χ0v) is 15.2. The van der Waals surface area contributed by atoms with Crippen LogP contribution in [0.5, 0.6) is 0 Å². The fourth-order valence-corrected chi connectivity index (χ4v) is 2.99. The Kier molecular flexibility index (Phi) is 6.48. The summed E-state index contributed by atoms with van der Waals surface area (Å²) < 4.78 is 0. The molecular formula is C22H23N3O2. The van der Waals surface area contributed by atoms with E-state index in [2.05, 4.69) is 22.5 Å². The largest absolute Gasteiger partial charge is 0.338 e. The molecular weight excluding hydrogens is 338 g/mol. The van der Waals surface area contributed by atoms with Crippen molar-refractivity contribution >= 4 is 11.9 Å². The summed E-state index contributed by atoms with van der Waals surface area (Å²) in [5.41, 5.74) is 3.00. The number of likely N-dealkylation sites (tertiary alicyclic amines) is 1. The lowest BCUT2D eigenvalue weighted by molar-refractivity contribution is -0.128. The molecule has 0 atom stereocenters. The van der Waals surface area contributed by atoms with Gasteiger partial charge in [-0.3, -0.25) is 4.79 Å². The van der Waals surface area contributed by atoms with Gasteiger partial charge in [0.15, 0.2) is 0 Å². The Morgan fingerprint density at radius 2 is 1.74 bits per heavy atom. The van der Waals surface area contributed by atoms with Crippen LogP contribution in [0.3, 0.4) is 0 Å². The molecule has 0 aromatic heterocycles. The molecule has 0 spiro atoms. The molecule has 2 aromatic carbocycles. The highest BCUT2D eigenvalue weighted by atomic mass is 16.2. The number of carbonyl (C=O) groups is 2. The van der Waals surface area contributed by atoms with Crippen molar-refractivity contribution in [3.8, 4) is 11.8 Å². The minimum absolute atomic E-state index is 0.201. The van der Waals surface area contributed by atoms with Crippen LogP contribution in [0.2, 0.25) is 0 Å². The lowest BCUT2D eigenvalue weighted by Crippen LogP contribution is -2.35. The van der Waals surface area contributed by atoms with Crippen molar-refractivity contribution < 1.29 is 9.59 Å². The van der Waals surface area contributed by atoms with Crippen molar-refractivity contribution in [3.05, 3.63) is 71.3 Å². The van der Waals surface area contributed by atoms with Crippen LogP contribution in [0.4, 0.5) is 4.79 Å². The van der Waals surface area contributed by atoms with Gasteiger partial charge in [0.05, 0.1) is 6.54 Å². The molecule has 5 nitrogen and oxygen atoms in total. The quantitative estimate of drug-likeness (QED) is 0.805. The molecule has 1 heterocycles. The van der Waals surface area contributed by atoms with Gasteiger partial charge in [-0.1, -0.05) is 54.3 Å². The smallest absolute Gasteiger partial charge is 0.315 e. The van der Waals surface area contributed by atoms with E-state index in [1.807, 2.05) is 59.5 Å². The van der Waals surface area contributed by atoms with Crippen LogP contribution in [0, 0.1) is 11.8 Å². The molecule has 3 rings (SSSR count). The van der Waals surface area contributed by atoms with Crippen molar-refractivity contribution in [3.63, 3.8) is 0 Å². The van der Waals surface area contributed by atoms with Crippen LogP contribution >= 0.6 is 0 Å². The fourth-order valence-electron chi connectivity index (χ4n) is 2.99. The number of nitrogens with one attached hydrogen (secondary N) is 2. The van der Waals surface area contributed by atoms with E-state index in [0.717, 1.165) is 29.7 Å². The summed E-state index contributed by atoms with van der Waals surface area (Å²) in [6.45, 7) is 2.10. The predicted molar refractivity (Wildman–Crippen MR) is 105 cm³/mol. The monoisotopic (exact) mass is 361 g/mol. The highest BCUT2D eigenvalue weighted by molar-refractivity contribution is 5.78. The van der Waals surface area contributed by atoms with Gasteiger partial charge in [0.1, 0.15) is 0 Å². The fraction of sp³-hybridized carbons (Fsp3) is 0.273. The van der Waals surface area contributed by atoms with Crippen LogP contribution in [0.25, 0.3) is 0 Å². The number of carbonyl (C=O) groups excluding carboxylic acids is 2. The topological polar surface area (TPSA) is 61.4 Å². The SMILES string of the molecule is O=C(NCC#Cc1ccccc1)NCc1ccccc1CN1CCCC1=O. The maximum atomic E-state index is 12.0. The van der Waals surface area contributed by atoms with E-state index in [9.17, 15) is 9.59 Å². The zero-order chi connectivity index (χ0) is 18.9. The zero-order valence-electron chi connectivity index (χ0n) is 15.2. The van der Waals surface area contributed by atoms with E-state index in [0.29, 0.717) is 19.5 Å². The lowest BCUT2D eigenvalue weighted by Gasteiger charge is -2.18. The Hall–Kier alpha value is -3.26. The summed E-state index contributed by atoms with van der Waals surface area (Å²) in [6.07, 6.45) is 1.55. The third kappa shape index (κ3) is 5.61. The van der Waals surface area contributed by atoms with Gasteiger partial charge in [0.2, 0.25) is 5.91 Å². The molecule has 3 amide bonds. The summed E-state index contributed by atoms with van der Waals surface area (Å²) in [5.74, 6) is 6.13. The van der Waals surface area contributed by atoms with Crippen molar-refractivity contribution in [2.45, 2.75) is 25.9 Å². The van der Waals surface area contributed by atoms with Crippen LogP contribution < -0.4 is 10.6 Å². The minimum atomic E-state index is -0.260. The Bertz CT molecular complexity index is 853. The summed E-state index contributed by atoms with van der Waals surface area (Å²) in [5, 5.41) is 5.59. The molecule has 0 aliphatic carbocycles. The molecule has 2 aromatic rings. The van der Waals surface area contributed by atoms with Crippen molar-refractivity contribution in [2.75, 3.05) is 13.1 Å².